The lowest BCUT2D eigenvalue weighted by atomic mass is 10.0. The van der Waals surface area contributed by atoms with Gasteiger partial charge in [0.25, 0.3) is 0 Å². The molecule has 2 rings (SSSR count). The minimum absolute atomic E-state index is 0.492. The fourth-order valence-electron chi connectivity index (χ4n) is 1.80. The molecule has 12 heavy (non-hydrogen) atoms. The van der Waals surface area contributed by atoms with E-state index in [1.165, 1.54) is 11.1 Å². The maximum absolute atomic E-state index is 5.53. The van der Waals surface area contributed by atoms with Crippen LogP contribution in [0.25, 0.3) is 0 Å². The molecule has 0 aromatic heterocycles. The minimum Gasteiger partial charge on any atom is -0.330 e. The summed E-state index contributed by atoms with van der Waals surface area (Å²) in [4.78, 5) is 0. The smallest absolute Gasteiger partial charge is 0.0338 e. The van der Waals surface area contributed by atoms with Gasteiger partial charge in [0.15, 0.2) is 0 Å². The van der Waals surface area contributed by atoms with Crippen LogP contribution in [0.1, 0.15) is 23.6 Å². The molecule has 0 radical (unpaired) electrons. The molecule has 0 saturated carbocycles. The van der Waals surface area contributed by atoms with Gasteiger partial charge in [-0.15, -0.1) is 0 Å². The SMILES string of the molecule is NCC[C@H]1NCc2ccccc21. The number of fused-ring (bicyclic) bond motifs is 1. The first-order valence-electron chi connectivity index (χ1n) is 4.43. The molecular formula is C10H14N2. The highest BCUT2D eigenvalue weighted by atomic mass is 14.9. The second kappa shape index (κ2) is 3.25. The fraction of sp³-hybridized carbons (Fsp3) is 0.400. The highest BCUT2D eigenvalue weighted by Crippen LogP contribution is 2.26. The largest absolute Gasteiger partial charge is 0.330 e. The van der Waals surface area contributed by atoms with Gasteiger partial charge in [0.1, 0.15) is 0 Å². The molecule has 0 unspecified atom stereocenters. The van der Waals surface area contributed by atoms with Gasteiger partial charge in [0.05, 0.1) is 0 Å². The molecule has 0 fully saturated rings. The molecule has 64 valence electrons. The van der Waals surface area contributed by atoms with Crippen LogP contribution in [-0.2, 0) is 6.54 Å². The van der Waals surface area contributed by atoms with Gasteiger partial charge in [0, 0.05) is 12.6 Å². The Morgan fingerprint density at radius 3 is 3.08 bits per heavy atom. The summed E-state index contributed by atoms with van der Waals surface area (Å²) in [5.74, 6) is 0. The molecule has 1 aromatic rings. The standard InChI is InChI=1S/C10H14N2/c11-6-5-10-9-4-2-1-3-8(9)7-12-10/h1-4,10,12H,5-7,11H2/t10-/m1/s1. The lowest BCUT2D eigenvalue weighted by Gasteiger charge is -2.09. The van der Waals surface area contributed by atoms with E-state index >= 15 is 0 Å². The van der Waals surface area contributed by atoms with Crippen LogP contribution in [0.15, 0.2) is 24.3 Å². The first kappa shape index (κ1) is 7.77. The van der Waals surface area contributed by atoms with Crippen LogP contribution in [0.2, 0.25) is 0 Å². The van der Waals surface area contributed by atoms with E-state index in [2.05, 4.69) is 29.6 Å². The van der Waals surface area contributed by atoms with Crippen LogP contribution in [0.5, 0.6) is 0 Å². The second-order valence-corrected chi connectivity index (χ2v) is 3.21. The Labute approximate surface area is 72.8 Å². The number of rotatable bonds is 2. The Bertz CT molecular complexity index is 268. The second-order valence-electron chi connectivity index (χ2n) is 3.21. The number of benzene rings is 1. The molecular weight excluding hydrogens is 148 g/mol. The number of hydrogen-bond acceptors (Lipinski definition) is 2. The van der Waals surface area contributed by atoms with Crippen molar-refractivity contribution in [3.63, 3.8) is 0 Å². The van der Waals surface area contributed by atoms with Crippen molar-refractivity contribution in [2.75, 3.05) is 6.54 Å². The van der Waals surface area contributed by atoms with Gasteiger partial charge in [-0.2, -0.15) is 0 Å². The topological polar surface area (TPSA) is 38.0 Å². The van der Waals surface area contributed by atoms with Crippen molar-refractivity contribution in [3.05, 3.63) is 35.4 Å². The summed E-state index contributed by atoms with van der Waals surface area (Å²) in [5, 5.41) is 3.44. The van der Waals surface area contributed by atoms with Gasteiger partial charge in [-0.1, -0.05) is 24.3 Å². The molecule has 0 amide bonds. The van der Waals surface area contributed by atoms with Gasteiger partial charge in [-0.05, 0) is 24.1 Å². The summed E-state index contributed by atoms with van der Waals surface area (Å²) < 4.78 is 0. The normalized spacial score (nSPS) is 20.9. The monoisotopic (exact) mass is 162 g/mol. The van der Waals surface area contributed by atoms with Crippen molar-refractivity contribution in [1.29, 1.82) is 0 Å². The predicted molar refractivity (Wildman–Crippen MR) is 49.7 cm³/mol. The van der Waals surface area contributed by atoms with Gasteiger partial charge < -0.3 is 11.1 Å². The zero-order valence-electron chi connectivity index (χ0n) is 7.09. The van der Waals surface area contributed by atoms with E-state index in [1.807, 2.05) is 0 Å². The van der Waals surface area contributed by atoms with Crippen LogP contribution < -0.4 is 11.1 Å². The summed E-state index contributed by atoms with van der Waals surface area (Å²) in [6, 6.07) is 9.04. The van der Waals surface area contributed by atoms with Crippen molar-refractivity contribution in [2.24, 2.45) is 5.73 Å². The first-order valence-corrected chi connectivity index (χ1v) is 4.43. The van der Waals surface area contributed by atoms with Gasteiger partial charge in [-0.3, -0.25) is 0 Å². The van der Waals surface area contributed by atoms with Crippen molar-refractivity contribution < 1.29 is 0 Å². The summed E-state index contributed by atoms with van der Waals surface area (Å²) >= 11 is 0. The number of hydrogen-bond donors (Lipinski definition) is 2. The van der Waals surface area contributed by atoms with Crippen LogP contribution in [0, 0.1) is 0 Å². The Kier molecular flexibility index (Phi) is 2.11. The number of nitrogens with two attached hydrogens (primary N) is 1. The highest BCUT2D eigenvalue weighted by Gasteiger charge is 2.19. The molecule has 2 heteroatoms. The zero-order chi connectivity index (χ0) is 8.39. The van der Waals surface area contributed by atoms with E-state index in [-0.39, 0.29) is 0 Å². The molecule has 0 bridgehead atoms. The Balaban J connectivity index is 2.24. The molecule has 1 aliphatic rings. The van der Waals surface area contributed by atoms with E-state index in [0.717, 1.165) is 19.5 Å². The highest BCUT2D eigenvalue weighted by molar-refractivity contribution is 5.33. The van der Waals surface area contributed by atoms with Crippen molar-refractivity contribution >= 4 is 0 Å². The predicted octanol–water partition coefficient (Wildman–Crippen LogP) is 1.18. The van der Waals surface area contributed by atoms with E-state index in [4.69, 9.17) is 5.73 Å². The van der Waals surface area contributed by atoms with Gasteiger partial charge >= 0.3 is 0 Å². The molecule has 0 aliphatic carbocycles. The summed E-state index contributed by atoms with van der Waals surface area (Å²) in [6.07, 6.45) is 1.04. The molecule has 1 aliphatic heterocycles. The van der Waals surface area contributed by atoms with Crippen LogP contribution in [0.4, 0.5) is 0 Å². The quantitative estimate of drug-likeness (QED) is 0.685. The molecule has 3 N–H and O–H groups in total. The first-order chi connectivity index (χ1) is 5.92. The van der Waals surface area contributed by atoms with Crippen molar-refractivity contribution in [1.82, 2.24) is 5.32 Å². The Morgan fingerprint density at radius 2 is 2.25 bits per heavy atom. The molecule has 1 heterocycles. The Morgan fingerprint density at radius 1 is 1.42 bits per heavy atom. The number of nitrogens with one attached hydrogen (secondary N) is 1. The molecule has 1 aromatic carbocycles. The van der Waals surface area contributed by atoms with Crippen LogP contribution in [0.3, 0.4) is 0 Å². The minimum atomic E-state index is 0.492. The van der Waals surface area contributed by atoms with Crippen molar-refractivity contribution in [2.45, 2.75) is 19.0 Å². The maximum Gasteiger partial charge on any atom is 0.0338 e. The van der Waals surface area contributed by atoms with E-state index in [1.54, 1.807) is 0 Å². The van der Waals surface area contributed by atoms with Gasteiger partial charge in [-0.25, -0.2) is 0 Å². The van der Waals surface area contributed by atoms with Crippen LogP contribution >= 0.6 is 0 Å². The lowest BCUT2D eigenvalue weighted by Crippen LogP contribution is -2.16. The van der Waals surface area contributed by atoms with Crippen molar-refractivity contribution in [3.8, 4) is 0 Å². The third-order valence-corrected chi connectivity index (χ3v) is 2.42. The third kappa shape index (κ3) is 1.24. The maximum atomic E-state index is 5.53. The molecule has 0 saturated heterocycles. The third-order valence-electron chi connectivity index (χ3n) is 2.42. The molecule has 1 atom stereocenters. The summed E-state index contributed by atoms with van der Waals surface area (Å²) in [7, 11) is 0. The molecule has 2 nitrogen and oxygen atoms in total. The Hall–Kier alpha value is -0.860. The molecule has 0 spiro atoms. The van der Waals surface area contributed by atoms with E-state index in [9.17, 15) is 0 Å². The average Bonchev–Trinajstić information content (AvgIpc) is 2.50. The average molecular weight is 162 g/mol. The van der Waals surface area contributed by atoms with Gasteiger partial charge in [0.2, 0.25) is 0 Å². The van der Waals surface area contributed by atoms with E-state index < -0.39 is 0 Å². The fourth-order valence-corrected chi connectivity index (χ4v) is 1.80. The lowest BCUT2D eigenvalue weighted by molar-refractivity contribution is 0.549. The summed E-state index contributed by atoms with van der Waals surface area (Å²) in [5.41, 5.74) is 8.39. The summed E-state index contributed by atoms with van der Waals surface area (Å²) in [6.45, 7) is 1.76. The van der Waals surface area contributed by atoms with E-state index in [0.29, 0.717) is 6.04 Å². The zero-order valence-corrected chi connectivity index (χ0v) is 7.09. The van der Waals surface area contributed by atoms with Crippen LogP contribution in [-0.4, -0.2) is 6.54 Å².